The van der Waals surface area contributed by atoms with Crippen molar-refractivity contribution < 1.29 is 17.9 Å². The topological polar surface area (TPSA) is 22.1 Å². The zero-order valence-corrected chi connectivity index (χ0v) is 9.66. The van der Waals surface area contributed by atoms with Gasteiger partial charge in [0.25, 0.3) is 0 Å². The van der Waals surface area contributed by atoms with E-state index in [-0.39, 0.29) is 5.88 Å². The van der Waals surface area contributed by atoms with E-state index in [1.165, 1.54) is 0 Å². The molecule has 0 aliphatic rings. The molecule has 0 aliphatic heterocycles. The molecular weight excluding hydrogens is 267 g/mol. The van der Waals surface area contributed by atoms with Gasteiger partial charge in [-0.2, -0.15) is 13.2 Å². The van der Waals surface area contributed by atoms with Gasteiger partial charge in [0, 0.05) is 17.3 Å². The van der Waals surface area contributed by atoms with Gasteiger partial charge in [-0.3, -0.25) is 0 Å². The van der Waals surface area contributed by atoms with Crippen LogP contribution < -0.4 is 4.74 Å². The standard InChI is InChI=1S/C12H7ClF3NO/c13-9-2-1-3-10(6-9)18-11-5-4-8(7-17-11)12(14,15)16/h1-7H. The third-order valence-electron chi connectivity index (χ3n) is 2.08. The van der Waals surface area contributed by atoms with Gasteiger partial charge in [0.05, 0.1) is 5.56 Å². The van der Waals surface area contributed by atoms with E-state index in [4.69, 9.17) is 16.3 Å². The van der Waals surface area contributed by atoms with Crippen molar-refractivity contribution in [2.45, 2.75) is 6.18 Å². The molecule has 1 aromatic carbocycles. The minimum absolute atomic E-state index is 0.0743. The summed E-state index contributed by atoms with van der Waals surface area (Å²) in [7, 11) is 0. The number of nitrogens with zero attached hydrogens (tertiary/aromatic N) is 1. The molecule has 0 aliphatic carbocycles. The second kappa shape index (κ2) is 4.86. The van der Waals surface area contributed by atoms with Gasteiger partial charge < -0.3 is 4.74 Å². The van der Waals surface area contributed by atoms with Crippen LogP contribution in [0.15, 0.2) is 42.6 Å². The first-order valence-electron chi connectivity index (χ1n) is 4.92. The number of alkyl halides is 3. The average Bonchev–Trinajstić information content (AvgIpc) is 2.28. The molecule has 1 aromatic heterocycles. The summed E-state index contributed by atoms with van der Waals surface area (Å²) in [4.78, 5) is 3.58. The first-order valence-corrected chi connectivity index (χ1v) is 5.29. The Labute approximate surface area is 106 Å². The molecule has 94 valence electrons. The molecule has 0 N–H and O–H groups in total. The third-order valence-corrected chi connectivity index (χ3v) is 2.32. The molecule has 0 spiro atoms. The Bertz CT molecular complexity index is 540. The minimum Gasteiger partial charge on any atom is -0.439 e. The first kappa shape index (κ1) is 12.7. The molecular formula is C12H7ClF3NO. The number of rotatable bonds is 2. The van der Waals surface area contributed by atoms with Gasteiger partial charge >= 0.3 is 6.18 Å². The Kier molecular flexibility index (Phi) is 3.43. The molecule has 0 amide bonds. The SMILES string of the molecule is FC(F)(F)c1ccc(Oc2cccc(Cl)c2)nc1. The number of aromatic nitrogens is 1. The summed E-state index contributed by atoms with van der Waals surface area (Å²) >= 11 is 5.75. The Hall–Kier alpha value is -1.75. The van der Waals surface area contributed by atoms with Crippen molar-refractivity contribution in [3.8, 4) is 11.6 Å². The van der Waals surface area contributed by atoms with Crippen LogP contribution in [-0.2, 0) is 6.18 Å². The summed E-state index contributed by atoms with van der Waals surface area (Å²) < 4.78 is 42.2. The van der Waals surface area contributed by atoms with Gasteiger partial charge in [-0.25, -0.2) is 4.98 Å². The highest BCUT2D eigenvalue weighted by atomic mass is 35.5. The van der Waals surface area contributed by atoms with E-state index in [1.54, 1.807) is 24.3 Å². The summed E-state index contributed by atoms with van der Waals surface area (Å²) in [6.45, 7) is 0. The Morgan fingerprint density at radius 2 is 1.89 bits per heavy atom. The van der Waals surface area contributed by atoms with Crippen LogP contribution in [0.3, 0.4) is 0 Å². The molecule has 0 atom stereocenters. The van der Waals surface area contributed by atoms with Gasteiger partial charge in [0.2, 0.25) is 5.88 Å². The van der Waals surface area contributed by atoms with Crippen LogP contribution in [0, 0.1) is 0 Å². The van der Waals surface area contributed by atoms with Gasteiger partial charge in [-0.05, 0) is 24.3 Å². The Morgan fingerprint density at radius 1 is 1.11 bits per heavy atom. The lowest BCUT2D eigenvalue weighted by molar-refractivity contribution is -0.137. The van der Waals surface area contributed by atoms with Crippen LogP contribution in [0.4, 0.5) is 13.2 Å². The lowest BCUT2D eigenvalue weighted by atomic mass is 10.3. The Morgan fingerprint density at radius 3 is 2.44 bits per heavy atom. The maximum atomic E-state index is 12.3. The molecule has 0 bridgehead atoms. The van der Waals surface area contributed by atoms with Gasteiger partial charge in [-0.1, -0.05) is 17.7 Å². The summed E-state index contributed by atoms with van der Waals surface area (Å²) in [6, 6.07) is 8.57. The second-order valence-electron chi connectivity index (χ2n) is 3.44. The summed E-state index contributed by atoms with van der Waals surface area (Å²) in [6.07, 6.45) is -3.68. The fourth-order valence-electron chi connectivity index (χ4n) is 1.26. The predicted octanol–water partition coefficient (Wildman–Crippen LogP) is 4.55. The van der Waals surface area contributed by atoms with Crippen LogP contribution >= 0.6 is 11.6 Å². The van der Waals surface area contributed by atoms with Crippen LogP contribution in [0.2, 0.25) is 5.02 Å². The van der Waals surface area contributed by atoms with Crippen molar-refractivity contribution >= 4 is 11.6 Å². The number of ether oxygens (including phenoxy) is 1. The third kappa shape index (κ3) is 3.13. The van der Waals surface area contributed by atoms with Gasteiger partial charge in [0.1, 0.15) is 5.75 Å². The quantitative estimate of drug-likeness (QED) is 0.801. The maximum absolute atomic E-state index is 12.3. The zero-order valence-electron chi connectivity index (χ0n) is 8.91. The molecule has 2 rings (SSSR count). The van der Waals surface area contributed by atoms with Crippen LogP contribution in [0.25, 0.3) is 0 Å². The molecule has 2 nitrogen and oxygen atoms in total. The smallest absolute Gasteiger partial charge is 0.417 e. The van der Waals surface area contributed by atoms with E-state index >= 15 is 0 Å². The normalized spacial score (nSPS) is 11.3. The van der Waals surface area contributed by atoms with E-state index in [0.29, 0.717) is 10.8 Å². The van der Waals surface area contributed by atoms with Crippen molar-refractivity contribution in [2.24, 2.45) is 0 Å². The van der Waals surface area contributed by atoms with Gasteiger partial charge in [0.15, 0.2) is 0 Å². The second-order valence-corrected chi connectivity index (χ2v) is 3.88. The monoisotopic (exact) mass is 273 g/mol. The zero-order chi connectivity index (χ0) is 13.2. The molecule has 18 heavy (non-hydrogen) atoms. The van der Waals surface area contributed by atoms with Gasteiger partial charge in [-0.15, -0.1) is 0 Å². The number of hydrogen-bond donors (Lipinski definition) is 0. The highest BCUT2D eigenvalue weighted by molar-refractivity contribution is 6.30. The average molecular weight is 274 g/mol. The van der Waals surface area contributed by atoms with Crippen LogP contribution in [0.5, 0.6) is 11.6 Å². The molecule has 0 saturated carbocycles. The summed E-state index contributed by atoms with van der Waals surface area (Å²) in [5.74, 6) is 0.486. The van der Waals surface area contributed by atoms with Crippen molar-refractivity contribution in [1.82, 2.24) is 4.98 Å². The summed E-state index contributed by atoms with van der Waals surface area (Å²) in [5, 5.41) is 0.472. The van der Waals surface area contributed by atoms with E-state index in [0.717, 1.165) is 18.3 Å². The molecule has 0 saturated heterocycles. The predicted molar refractivity (Wildman–Crippen MR) is 60.8 cm³/mol. The molecule has 2 aromatic rings. The van der Waals surface area contributed by atoms with E-state index in [2.05, 4.69) is 4.98 Å². The van der Waals surface area contributed by atoms with E-state index in [9.17, 15) is 13.2 Å². The fraction of sp³-hybridized carbons (Fsp3) is 0.0833. The lowest BCUT2D eigenvalue weighted by Crippen LogP contribution is -2.05. The molecule has 0 fully saturated rings. The van der Waals surface area contributed by atoms with E-state index < -0.39 is 11.7 Å². The van der Waals surface area contributed by atoms with Crippen molar-refractivity contribution in [3.63, 3.8) is 0 Å². The first-order chi connectivity index (χ1) is 8.45. The van der Waals surface area contributed by atoms with Crippen molar-refractivity contribution in [1.29, 1.82) is 0 Å². The number of pyridine rings is 1. The fourth-order valence-corrected chi connectivity index (χ4v) is 1.44. The molecule has 6 heteroatoms. The van der Waals surface area contributed by atoms with Crippen LogP contribution in [-0.4, -0.2) is 4.98 Å². The molecule has 0 radical (unpaired) electrons. The van der Waals surface area contributed by atoms with E-state index in [1.807, 2.05) is 0 Å². The lowest BCUT2D eigenvalue weighted by Gasteiger charge is -2.08. The number of hydrogen-bond acceptors (Lipinski definition) is 2. The van der Waals surface area contributed by atoms with Crippen molar-refractivity contribution in [2.75, 3.05) is 0 Å². The van der Waals surface area contributed by atoms with Crippen molar-refractivity contribution in [3.05, 3.63) is 53.2 Å². The van der Waals surface area contributed by atoms with Crippen LogP contribution in [0.1, 0.15) is 5.56 Å². The number of benzene rings is 1. The molecule has 0 unspecified atom stereocenters. The minimum atomic E-state index is -4.40. The highest BCUT2D eigenvalue weighted by Gasteiger charge is 2.30. The molecule has 1 heterocycles. The highest BCUT2D eigenvalue weighted by Crippen LogP contribution is 2.30. The largest absolute Gasteiger partial charge is 0.439 e. The summed E-state index contributed by atoms with van der Waals surface area (Å²) in [5.41, 5.74) is -0.819. The Balaban J connectivity index is 2.16. The maximum Gasteiger partial charge on any atom is 0.417 e. The number of halogens is 4.